The summed E-state index contributed by atoms with van der Waals surface area (Å²) in [6, 6.07) is 16.9. The highest BCUT2D eigenvalue weighted by Gasteiger charge is 2.46. The zero-order chi connectivity index (χ0) is 20.2. The van der Waals surface area contributed by atoms with Gasteiger partial charge >= 0.3 is 0 Å². The number of hydrogen-bond donors (Lipinski definition) is 2. The first kappa shape index (κ1) is 19.8. The van der Waals surface area contributed by atoms with E-state index in [0.29, 0.717) is 17.1 Å². The maximum Gasteiger partial charge on any atom is 0.292 e. The quantitative estimate of drug-likeness (QED) is 0.703. The van der Waals surface area contributed by atoms with Crippen LogP contribution in [-0.2, 0) is 9.59 Å². The molecule has 0 aliphatic carbocycles. The molecule has 2 fully saturated rings. The summed E-state index contributed by atoms with van der Waals surface area (Å²) in [5.74, 6) is -0.199. The van der Waals surface area contributed by atoms with Crippen molar-refractivity contribution < 1.29 is 19.4 Å². The van der Waals surface area contributed by atoms with Gasteiger partial charge in [-0.15, -0.1) is 0 Å². The molecule has 2 heterocycles. The van der Waals surface area contributed by atoms with E-state index in [-0.39, 0.29) is 17.9 Å². The molecular formula is C23H26ClN3O2+2. The minimum atomic E-state index is -0.264. The van der Waals surface area contributed by atoms with E-state index in [0.717, 1.165) is 32.7 Å². The number of imide groups is 1. The number of hydrogen-bond acceptors (Lipinski definition) is 2. The normalized spacial score (nSPS) is 25.1. The Morgan fingerprint density at radius 3 is 2.34 bits per heavy atom. The molecular weight excluding hydrogens is 386 g/mol. The van der Waals surface area contributed by atoms with E-state index in [4.69, 9.17) is 11.6 Å². The third-order valence-corrected chi connectivity index (χ3v) is 6.09. The van der Waals surface area contributed by atoms with Gasteiger partial charge in [0.1, 0.15) is 26.2 Å². The number of benzene rings is 2. The fraction of sp³-hybridized carbons (Fsp3) is 0.304. The van der Waals surface area contributed by atoms with Crippen LogP contribution in [0.15, 0.2) is 60.7 Å². The van der Waals surface area contributed by atoms with E-state index >= 15 is 0 Å². The molecule has 1 unspecified atom stereocenters. The van der Waals surface area contributed by atoms with Gasteiger partial charge in [-0.25, -0.2) is 4.90 Å². The van der Waals surface area contributed by atoms with Crippen molar-refractivity contribution in [3.63, 3.8) is 0 Å². The number of quaternary nitrogens is 2. The molecule has 0 spiro atoms. The summed E-state index contributed by atoms with van der Waals surface area (Å²) in [4.78, 5) is 29.5. The van der Waals surface area contributed by atoms with Crippen molar-refractivity contribution >= 4 is 35.2 Å². The summed E-state index contributed by atoms with van der Waals surface area (Å²) in [7, 11) is 0. The van der Waals surface area contributed by atoms with Gasteiger partial charge in [-0.2, -0.15) is 0 Å². The first-order chi connectivity index (χ1) is 14.1. The second kappa shape index (κ2) is 8.91. The Kier molecular flexibility index (Phi) is 6.09. The molecule has 2 aliphatic rings. The molecule has 2 aliphatic heterocycles. The van der Waals surface area contributed by atoms with E-state index in [9.17, 15) is 9.59 Å². The van der Waals surface area contributed by atoms with Crippen LogP contribution in [0.25, 0.3) is 6.08 Å². The highest BCUT2D eigenvalue weighted by molar-refractivity contribution is 6.30. The van der Waals surface area contributed by atoms with Gasteiger partial charge in [0.2, 0.25) is 5.91 Å². The summed E-state index contributed by atoms with van der Waals surface area (Å²) in [5, 5.41) is 0.593. The fourth-order valence-electron chi connectivity index (χ4n) is 4.22. The van der Waals surface area contributed by atoms with Crippen LogP contribution in [0.5, 0.6) is 0 Å². The van der Waals surface area contributed by atoms with Crippen LogP contribution in [0.1, 0.15) is 12.0 Å². The summed E-state index contributed by atoms with van der Waals surface area (Å²) < 4.78 is 0. The second-order valence-corrected chi connectivity index (χ2v) is 8.16. The summed E-state index contributed by atoms with van der Waals surface area (Å²) in [5.41, 5.74) is 1.83. The molecule has 0 bridgehead atoms. The van der Waals surface area contributed by atoms with Crippen molar-refractivity contribution in [1.82, 2.24) is 0 Å². The van der Waals surface area contributed by atoms with Crippen molar-refractivity contribution in [3.05, 3.63) is 71.3 Å². The molecule has 5 nitrogen and oxygen atoms in total. The van der Waals surface area contributed by atoms with E-state index in [2.05, 4.69) is 24.3 Å². The predicted octanol–water partition coefficient (Wildman–Crippen LogP) is 0.469. The van der Waals surface area contributed by atoms with Crippen LogP contribution in [0.3, 0.4) is 0 Å². The Bertz CT molecular complexity index is 890. The SMILES string of the molecule is O=C1CC([NH+]2CC[NH+](CC=Cc3ccccc3)CC2)C(=O)N1c1ccc(Cl)cc1. The van der Waals surface area contributed by atoms with Crippen LogP contribution < -0.4 is 14.7 Å². The van der Waals surface area contributed by atoms with Crippen molar-refractivity contribution in [2.75, 3.05) is 37.6 Å². The number of piperazine rings is 1. The number of halogens is 1. The van der Waals surface area contributed by atoms with Crippen LogP contribution >= 0.6 is 11.6 Å². The Hall–Kier alpha value is -2.47. The number of nitrogens with zero attached hydrogens (tertiary/aromatic N) is 1. The zero-order valence-electron chi connectivity index (χ0n) is 16.3. The van der Waals surface area contributed by atoms with Crippen LogP contribution in [-0.4, -0.2) is 50.6 Å². The molecule has 29 heavy (non-hydrogen) atoms. The van der Waals surface area contributed by atoms with Crippen LogP contribution in [0.2, 0.25) is 5.02 Å². The average molecular weight is 412 g/mol. The van der Waals surface area contributed by atoms with Gasteiger partial charge in [0.25, 0.3) is 5.91 Å². The minimum absolute atomic E-state index is 0.0836. The van der Waals surface area contributed by atoms with Crippen molar-refractivity contribution in [2.24, 2.45) is 0 Å². The third kappa shape index (κ3) is 4.58. The van der Waals surface area contributed by atoms with Crippen molar-refractivity contribution in [1.29, 1.82) is 0 Å². The minimum Gasteiger partial charge on any atom is -0.322 e. The van der Waals surface area contributed by atoms with Crippen molar-refractivity contribution in [3.8, 4) is 0 Å². The molecule has 0 radical (unpaired) electrons. The smallest absolute Gasteiger partial charge is 0.292 e. The van der Waals surface area contributed by atoms with Crippen LogP contribution in [0.4, 0.5) is 5.69 Å². The predicted molar refractivity (Wildman–Crippen MR) is 114 cm³/mol. The highest BCUT2D eigenvalue weighted by Crippen LogP contribution is 2.23. The van der Waals surface area contributed by atoms with Gasteiger partial charge in [0.05, 0.1) is 18.7 Å². The highest BCUT2D eigenvalue weighted by atomic mass is 35.5. The van der Waals surface area contributed by atoms with Crippen molar-refractivity contribution in [2.45, 2.75) is 12.5 Å². The van der Waals surface area contributed by atoms with Gasteiger partial charge in [-0.1, -0.05) is 48.0 Å². The monoisotopic (exact) mass is 411 g/mol. The Labute approximate surface area is 176 Å². The maximum absolute atomic E-state index is 12.9. The summed E-state index contributed by atoms with van der Waals surface area (Å²) >= 11 is 5.93. The zero-order valence-corrected chi connectivity index (χ0v) is 17.1. The lowest BCUT2D eigenvalue weighted by Gasteiger charge is -2.31. The number of rotatable bonds is 5. The van der Waals surface area contributed by atoms with Gasteiger partial charge in [0, 0.05) is 5.02 Å². The second-order valence-electron chi connectivity index (χ2n) is 7.73. The Morgan fingerprint density at radius 1 is 0.966 bits per heavy atom. The van der Waals surface area contributed by atoms with E-state index in [1.165, 1.54) is 20.3 Å². The maximum atomic E-state index is 12.9. The van der Waals surface area contributed by atoms with Gasteiger partial charge < -0.3 is 9.80 Å². The first-order valence-electron chi connectivity index (χ1n) is 10.1. The van der Waals surface area contributed by atoms with Gasteiger partial charge in [0.15, 0.2) is 6.04 Å². The summed E-state index contributed by atoms with van der Waals surface area (Å²) in [6.07, 6.45) is 4.68. The molecule has 1 atom stereocenters. The number of anilines is 1. The molecule has 150 valence electrons. The molecule has 4 rings (SSSR count). The topological polar surface area (TPSA) is 46.3 Å². The Morgan fingerprint density at radius 2 is 1.66 bits per heavy atom. The lowest BCUT2D eigenvalue weighted by Crippen LogP contribution is -3.30. The molecule has 2 aromatic rings. The lowest BCUT2D eigenvalue weighted by atomic mass is 10.1. The number of amides is 2. The Balaban J connectivity index is 1.31. The van der Waals surface area contributed by atoms with E-state index in [1.54, 1.807) is 24.3 Å². The van der Waals surface area contributed by atoms with Crippen LogP contribution in [0, 0.1) is 0 Å². The molecule has 6 heteroatoms. The van der Waals surface area contributed by atoms with E-state index < -0.39 is 0 Å². The molecule has 0 aromatic heterocycles. The number of carbonyl (C=O) groups is 2. The molecule has 0 saturated carbocycles. The standard InChI is InChI=1S/C23H24ClN3O2/c24-19-8-10-20(11-9-19)27-22(28)17-21(23(27)29)26-15-13-25(14-16-26)12-4-7-18-5-2-1-3-6-18/h1-11,21H,12-17H2/p+2. The molecule has 2 saturated heterocycles. The number of carbonyl (C=O) groups excluding carboxylic acids is 2. The summed E-state index contributed by atoms with van der Waals surface area (Å²) in [6.45, 7) is 4.82. The largest absolute Gasteiger partial charge is 0.322 e. The van der Waals surface area contributed by atoms with Gasteiger partial charge in [-0.05, 0) is 35.9 Å². The van der Waals surface area contributed by atoms with E-state index in [1.807, 2.05) is 18.2 Å². The fourth-order valence-corrected chi connectivity index (χ4v) is 4.34. The van der Waals surface area contributed by atoms with Gasteiger partial charge in [-0.3, -0.25) is 9.59 Å². The lowest BCUT2D eigenvalue weighted by molar-refractivity contribution is -1.02. The average Bonchev–Trinajstić information content (AvgIpc) is 3.04. The number of nitrogens with one attached hydrogen (secondary N) is 2. The first-order valence-corrected chi connectivity index (χ1v) is 10.5. The molecule has 2 N–H and O–H groups in total. The third-order valence-electron chi connectivity index (χ3n) is 5.84. The molecule has 2 amide bonds. The molecule has 2 aromatic carbocycles.